The molecule has 0 aromatic carbocycles. The highest BCUT2D eigenvalue weighted by atomic mass is 16.1. The largest absolute Gasteiger partial charge is 0.292 e. The molecule has 4 heteroatoms. The zero-order chi connectivity index (χ0) is 9.97. The predicted octanol–water partition coefficient (Wildman–Crippen LogP) is 1.58. The Morgan fingerprint density at radius 3 is 2.71 bits per heavy atom. The summed E-state index contributed by atoms with van der Waals surface area (Å²) in [6.07, 6.45) is 7.27. The summed E-state index contributed by atoms with van der Waals surface area (Å²) in [4.78, 5) is 12.0. The molecule has 1 fully saturated rings. The summed E-state index contributed by atoms with van der Waals surface area (Å²) in [5.74, 6) is 0.429. The molecule has 1 aliphatic carbocycles. The number of nitrogens with zero attached hydrogens (tertiary/aromatic N) is 3. The SMILES string of the molecule is Cn1nncc1C(=O)C1CCCCC1. The molecule has 14 heavy (non-hydrogen) atoms. The van der Waals surface area contributed by atoms with Crippen molar-refractivity contribution in [2.75, 3.05) is 0 Å². The summed E-state index contributed by atoms with van der Waals surface area (Å²) < 4.78 is 1.57. The molecule has 1 aromatic heterocycles. The van der Waals surface area contributed by atoms with Crippen LogP contribution in [-0.4, -0.2) is 20.8 Å². The van der Waals surface area contributed by atoms with E-state index in [1.807, 2.05) is 0 Å². The maximum atomic E-state index is 12.0. The molecule has 0 spiro atoms. The van der Waals surface area contributed by atoms with Gasteiger partial charge in [-0.15, -0.1) is 5.10 Å². The first-order chi connectivity index (χ1) is 6.79. The molecule has 0 bridgehead atoms. The molecule has 1 aliphatic rings. The predicted molar refractivity (Wildman–Crippen MR) is 51.9 cm³/mol. The van der Waals surface area contributed by atoms with Crippen molar-refractivity contribution >= 4 is 5.78 Å². The molecule has 4 nitrogen and oxygen atoms in total. The van der Waals surface area contributed by atoms with Gasteiger partial charge in [-0.25, -0.2) is 4.68 Å². The molecule has 0 N–H and O–H groups in total. The van der Waals surface area contributed by atoms with Crippen molar-refractivity contribution in [2.24, 2.45) is 13.0 Å². The quantitative estimate of drug-likeness (QED) is 0.670. The van der Waals surface area contributed by atoms with Gasteiger partial charge in [0.2, 0.25) is 0 Å². The summed E-state index contributed by atoms with van der Waals surface area (Å²) in [6, 6.07) is 0. The van der Waals surface area contributed by atoms with Crippen LogP contribution >= 0.6 is 0 Å². The maximum absolute atomic E-state index is 12.0. The Balaban J connectivity index is 2.11. The summed E-state index contributed by atoms with van der Waals surface area (Å²) in [7, 11) is 1.77. The Morgan fingerprint density at radius 1 is 1.43 bits per heavy atom. The van der Waals surface area contributed by atoms with Crippen LogP contribution < -0.4 is 0 Å². The van der Waals surface area contributed by atoms with E-state index in [2.05, 4.69) is 10.3 Å². The van der Waals surface area contributed by atoms with Crippen molar-refractivity contribution in [2.45, 2.75) is 32.1 Å². The van der Waals surface area contributed by atoms with E-state index in [1.54, 1.807) is 17.9 Å². The molecule has 2 rings (SSSR count). The van der Waals surface area contributed by atoms with Gasteiger partial charge < -0.3 is 0 Å². The first kappa shape index (κ1) is 9.37. The lowest BCUT2D eigenvalue weighted by Crippen LogP contribution is -2.20. The molecular weight excluding hydrogens is 178 g/mol. The van der Waals surface area contributed by atoms with Gasteiger partial charge in [0, 0.05) is 13.0 Å². The molecule has 0 amide bonds. The van der Waals surface area contributed by atoms with E-state index in [0.717, 1.165) is 12.8 Å². The topological polar surface area (TPSA) is 47.8 Å². The van der Waals surface area contributed by atoms with Gasteiger partial charge in [-0.05, 0) is 12.8 Å². The highest BCUT2D eigenvalue weighted by Crippen LogP contribution is 2.26. The Hall–Kier alpha value is -1.19. The normalized spacial score (nSPS) is 18.4. The molecule has 0 saturated heterocycles. The lowest BCUT2D eigenvalue weighted by molar-refractivity contribution is 0.0879. The molecule has 0 unspecified atom stereocenters. The summed E-state index contributed by atoms with van der Waals surface area (Å²) >= 11 is 0. The standard InChI is InChI=1S/C10H15N3O/c1-13-9(7-11-12-13)10(14)8-5-3-2-4-6-8/h7-8H,2-6H2,1H3. The zero-order valence-corrected chi connectivity index (χ0v) is 8.44. The Labute approximate surface area is 83.3 Å². The fourth-order valence-corrected chi connectivity index (χ4v) is 2.09. The first-order valence-corrected chi connectivity index (χ1v) is 5.18. The van der Waals surface area contributed by atoms with E-state index in [-0.39, 0.29) is 11.7 Å². The van der Waals surface area contributed by atoms with Crippen molar-refractivity contribution in [3.05, 3.63) is 11.9 Å². The third-order valence-electron chi connectivity index (χ3n) is 2.94. The van der Waals surface area contributed by atoms with Crippen LogP contribution in [0.25, 0.3) is 0 Å². The average molecular weight is 193 g/mol. The lowest BCUT2D eigenvalue weighted by atomic mass is 9.85. The maximum Gasteiger partial charge on any atom is 0.185 e. The Bertz CT molecular complexity index is 326. The summed E-state index contributed by atoms with van der Waals surface area (Å²) in [5.41, 5.74) is 0.650. The first-order valence-electron chi connectivity index (χ1n) is 5.18. The van der Waals surface area contributed by atoms with E-state index in [4.69, 9.17) is 0 Å². The molecule has 0 atom stereocenters. The second kappa shape index (κ2) is 3.90. The summed E-state index contributed by atoms with van der Waals surface area (Å²) in [5, 5.41) is 7.51. The van der Waals surface area contributed by atoms with Crippen LogP contribution in [0.15, 0.2) is 6.20 Å². The minimum Gasteiger partial charge on any atom is -0.292 e. The monoisotopic (exact) mass is 193 g/mol. The van der Waals surface area contributed by atoms with Gasteiger partial charge >= 0.3 is 0 Å². The van der Waals surface area contributed by atoms with Crippen molar-refractivity contribution in [1.29, 1.82) is 0 Å². The highest BCUT2D eigenvalue weighted by Gasteiger charge is 2.24. The van der Waals surface area contributed by atoms with Gasteiger partial charge in [-0.1, -0.05) is 24.5 Å². The van der Waals surface area contributed by atoms with Crippen LogP contribution in [0.2, 0.25) is 0 Å². The van der Waals surface area contributed by atoms with Crippen molar-refractivity contribution in [3.8, 4) is 0 Å². The number of carbonyl (C=O) groups is 1. The highest BCUT2D eigenvalue weighted by molar-refractivity contribution is 5.96. The number of hydrogen-bond donors (Lipinski definition) is 0. The molecule has 1 saturated carbocycles. The molecule has 76 valence electrons. The number of rotatable bonds is 2. The van der Waals surface area contributed by atoms with Gasteiger partial charge in [0.05, 0.1) is 6.20 Å². The molecular formula is C10H15N3O. The van der Waals surface area contributed by atoms with Gasteiger partial charge in [0.25, 0.3) is 0 Å². The van der Waals surface area contributed by atoms with Gasteiger partial charge in [0.15, 0.2) is 5.78 Å². The van der Waals surface area contributed by atoms with Crippen LogP contribution in [0.3, 0.4) is 0 Å². The lowest BCUT2D eigenvalue weighted by Gasteiger charge is -2.19. The van der Waals surface area contributed by atoms with E-state index in [1.165, 1.54) is 19.3 Å². The average Bonchev–Trinajstić information content (AvgIpc) is 2.65. The number of hydrogen-bond acceptors (Lipinski definition) is 3. The number of ketones is 1. The van der Waals surface area contributed by atoms with E-state index in [9.17, 15) is 4.79 Å². The van der Waals surface area contributed by atoms with Crippen molar-refractivity contribution in [3.63, 3.8) is 0 Å². The molecule has 0 radical (unpaired) electrons. The van der Waals surface area contributed by atoms with Crippen LogP contribution in [-0.2, 0) is 7.05 Å². The number of Topliss-reactive ketones (excluding diaryl/α,β-unsaturated/α-hetero) is 1. The van der Waals surface area contributed by atoms with Crippen LogP contribution in [0.5, 0.6) is 0 Å². The van der Waals surface area contributed by atoms with Gasteiger partial charge in [-0.2, -0.15) is 0 Å². The third kappa shape index (κ3) is 1.69. The fraction of sp³-hybridized carbons (Fsp3) is 0.700. The molecule has 1 aromatic rings. The minimum absolute atomic E-state index is 0.209. The van der Waals surface area contributed by atoms with Crippen molar-refractivity contribution in [1.82, 2.24) is 15.0 Å². The third-order valence-corrected chi connectivity index (χ3v) is 2.94. The summed E-state index contributed by atoms with van der Waals surface area (Å²) in [6.45, 7) is 0. The van der Waals surface area contributed by atoms with E-state index < -0.39 is 0 Å². The fourth-order valence-electron chi connectivity index (χ4n) is 2.09. The van der Waals surface area contributed by atoms with Crippen molar-refractivity contribution < 1.29 is 4.79 Å². The van der Waals surface area contributed by atoms with E-state index in [0.29, 0.717) is 5.69 Å². The smallest absolute Gasteiger partial charge is 0.185 e. The van der Waals surface area contributed by atoms with Gasteiger partial charge in [-0.3, -0.25) is 4.79 Å². The second-order valence-electron chi connectivity index (χ2n) is 3.94. The second-order valence-corrected chi connectivity index (χ2v) is 3.94. The van der Waals surface area contributed by atoms with Gasteiger partial charge in [0.1, 0.15) is 5.69 Å². The minimum atomic E-state index is 0.209. The molecule has 0 aliphatic heterocycles. The van der Waals surface area contributed by atoms with Crippen LogP contribution in [0.1, 0.15) is 42.6 Å². The van der Waals surface area contributed by atoms with Crippen LogP contribution in [0.4, 0.5) is 0 Å². The molecule has 1 heterocycles. The number of carbonyl (C=O) groups excluding carboxylic acids is 1. The Kier molecular flexibility index (Phi) is 2.61. The van der Waals surface area contributed by atoms with E-state index >= 15 is 0 Å². The zero-order valence-electron chi connectivity index (χ0n) is 8.44. The number of aromatic nitrogens is 3. The number of aryl methyl sites for hydroxylation is 1. The Morgan fingerprint density at radius 2 is 2.14 bits per heavy atom. The van der Waals surface area contributed by atoms with Crippen LogP contribution in [0, 0.1) is 5.92 Å².